The minimum Gasteiger partial charge on any atom is -0.456 e. The summed E-state index contributed by atoms with van der Waals surface area (Å²) < 4.78 is 6.17. The van der Waals surface area contributed by atoms with Crippen LogP contribution in [0.15, 0.2) is 168 Å². The van der Waals surface area contributed by atoms with Gasteiger partial charge in [-0.2, -0.15) is 0 Å². The number of para-hydroxylation sites is 1. The molecule has 0 bridgehead atoms. The number of benzene rings is 8. The molecule has 0 aliphatic carbocycles. The highest BCUT2D eigenvalue weighted by Crippen LogP contribution is 2.37. The van der Waals surface area contributed by atoms with Crippen molar-refractivity contribution in [1.82, 2.24) is 15.0 Å². The van der Waals surface area contributed by atoms with E-state index in [4.69, 9.17) is 19.4 Å². The van der Waals surface area contributed by atoms with Crippen molar-refractivity contribution in [2.75, 3.05) is 0 Å². The number of nitrogens with zero attached hydrogens (tertiary/aromatic N) is 3. The van der Waals surface area contributed by atoms with Crippen LogP contribution in [-0.2, 0) is 0 Å². The average Bonchev–Trinajstić information content (AvgIpc) is 3.53. The van der Waals surface area contributed by atoms with Crippen molar-refractivity contribution in [2.24, 2.45) is 0 Å². The van der Waals surface area contributed by atoms with Crippen molar-refractivity contribution in [1.29, 1.82) is 0 Å². The van der Waals surface area contributed by atoms with Crippen molar-refractivity contribution in [2.45, 2.75) is 0 Å². The van der Waals surface area contributed by atoms with Gasteiger partial charge < -0.3 is 4.42 Å². The Labute approximate surface area is 282 Å². The smallest absolute Gasteiger partial charge is 0.164 e. The Morgan fingerprint density at radius 3 is 1.71 bits per heavy atom. The van der Waals surface area contributed by atoms with Crippen LogP contribution in [0.4, 0.5) is 0 Å². The third-order valence-electron chi connectivity index (χ3n) is 9.48. The molecule has 8 aromatic carbocycles. The van der Waals surface area contributed by atoms with Crippen molar-refractivity contribution < 1.29 is 4.42 Å². The van der Waals surface area contributed by atoms with E-state index in [0.717, 1.165) is 65.6 Å². The molecule has 0 aliphatic heterocycles. The Morgan fingerprint density at radius 1 is 0.306 bits per heavy atom. The first kappa shape index (κ1) is 27.5. The number of hydrogen-bond acceptors (Lipinski definition) is 4. The molecule has 4 heteroatoms. The summed E-state index contributed by atoms with van der Waals surface area (Å²) in [6, 6.07) is 57.0. The molecule has 0 saturated carbocycles. The molecule has 0 amide bonds. The third kappa shape index (κ3) is 4.65. The van der Waals surface area contributed by atoms with Gasteiger partial charge in [0.05, 0.1) is 0 Å². The zero-order valence-corrected chi connectivity index (χ0v) is 26.3. The Kier molecular flexibility index (Phi) is 6.15. The lowest BCUT2D eigenvalue weighted by Crippen LogP contribution is -2.01. The molecule has 0 unspecified atom stereocenters. The van der Waals surface area contributed by atoms with Gasteiger partial charge in [0.25, 0.3) is 0 Å². The second-order valence-corrected chi connectivity index (χ2v) is 12.4. The fourth-order valence-electron chi connectivity index (χ4n) is 7.06. The molecular weight excluding hydrogens is 599 g/mol. The Bertz CT molecular complexity index is 2890. The SMILES string of the molecule is c1ccc(-c2cccc3c(-c4nc(-c5ccc6ccccc6c5)nc(-c5ccc6cc7oc8ccccc8c7cc6c5)n4)cccc23)cc1. The summed E-state index contributed by atoms with van der Waals surface area (Å²) in [5, 5.41) is 8.97. The highest BCUT2D eigenvalue weighted by Gasteiger charge is 2.17. The highest BCUT2D eigenvalue weighted by molar-refractivity contribution is 6.10. The summed E-state index contributed by atoms with van der Waals surface area (Å²) in [6.45, 7) is 0. The largest absolute Gasteiger partial charge is 0.456 e. The van der Waals surface area contributed by atoms with E-state index in [0.29, 0.717) is 17.5 Å². The number of furan rings is 1. The van der Waals surface area contributed by atoms with Crippen molar-refractivity contribution in [3.05, 3.63) is 164 Å². The minimum absolute atomic E-state index is 0.628. The van der Waals surface area contributed by atoms with E-state index in [1.54, 1.807) is 0 Å². The molecule has 0 aliphatic rings. The van der Waals surface area contributed by atoms with Crippen LogP contribution in [0.2, 0.25) is 0 Å². The van der Waals surface area contributed by atoms with Crippen molar-refractivity contribution in [3.63, 3.8) is 0 Å². The van der Waals surface area contributed by atoms with Gasteiger partial charge in [0.15, 0.2) is 17.5 Å². The topological polar surface area (TPSA) is 51.8 Å². The predicted octanol–water partition coefficient (Wildman–Crippen LogP) is 11.9. The Balaban J connectivity index is 1.19. The fraction of sp³-hybridized carbons (Fsp3) is 0. The maximum atomic E-state index is 6.17. The Hall–Kier alpha value is -6.65. The van der Waals surface area contributed by atoms with Crippen LogP contribution < -0.4 is 0 Å². The maximum absolute atomic E-state index is 6.17. The number of rotatable bonds is 4. The van der Waals surface area contributed by atoms with Gasteiger partial charge in [-0.3, -0.25) is 0 Å². The standard InChI is InChI=1S/C45H27N3O/c1-2-11-29(12-3-1)35-15-8-17-37-36(35)16-9-18-39(37)45-47-43(32-22-20-28-10-4-5-13-30(28)24-32)46-44(48-45)33-23-21-31-27-42-40(26-34(31)25-33)38-14-6-7-19-41(38)49-42/h1-27H. The van der Waals surface area contributed by atoms with Crippen LogP contribution in [0.3, 0.4) is 0 Å². The average molecular weight is 626 g/mol. The summed E-state index contributed by atoms with van der Waals surface area (Å²) in [7, 11) is 0. The van der Waals surface area contributed by atoms with E-state index in [9.17, 15) is 0 Å². The molecule has 0 N–H and O–H groups in total. The van der Waals surface area contributed by atoms with Gasteiger partial charge in [-0.25, -0.2) is 15.0 Å². The van der Waals surface area contributed by atoms with E-state index in [2.05, 4.69) is 146 Å². The molecule has 0 radical (unpaired) electrons. The number of aromatic nitrogens is 3. The van der Waals surface area contributed by atoms with Crippen molar-refractivity contribution in [3.8, 4) is 45.3 Å². The maximum Gasteiger partial charge on any atom is 0.164 e. The zero-order valence-electron chi connectivity index (χ0n) is 26.3. The summed E-state index contributed by atoms with van der Waals surface area (Å²) >= 11 is 0. The summed E-state index contributed by atoms with van der Waals surface area (Å²) in [6.07, 6.45) is 0. The summed E-state index contributed by atoms with van der Waals surface area (Å²) in [5.41, 5.74) is 6.96. The van der Waals surface area contributed by atoms with Crippen LogP contribution >= 0.6 is 0 Å². The second-order valence-electron chi connectivity index (χ2n) is 12.4. The molecule has 0 atom stereocenters. The molecular formula is C45H27N3O. The lowest BCUT2D eigenvalue weighted by molar-refractivity contribution is 0.669. The first-order valence-corrected chi connectivity index (χ1v) is 16.4. The van der Waals surface area contributed by atoms with Crippen LogP contribution in [-0.4, -0.2) is 15.0 Å². The number of hydrogen-bond donors (Lipinski definition) is 0. The van der Waals surface area contributed by atoms with Crippen LogP contribution in [0.5, 0.6) is 0 Å². The quantitative estimate of drug-likeness (QED) is 0.195. The van der Waals surface area contributed by atoms with E-state index in [-0.39, 0.29) is 0 Å². The first-order valence-electron chi connectivity index (χ1n) is 16.4. The van der Waals surface area contributed by atoms with Gasteiger partial charge in [0.1, 0.15) is 11.2 Å². The third-order valence-corrected chi connectivity index (χ3v) is 9.48. The summed E-state index contributed by atoms with van der Waals surface area (Å²) in [5.74, 6) is 1.90. The summed E-state index contributed by atoms with van der Waals surface area (Å²) in [4.78, 5) is 15.5. The molecule has 10 rings (SSSR count). The molecule has 0 fully saturated rings. The van der Waals surface area contributed by atoms with E-state index in [1.165, 1.54) is 16.5 Å². The predicted molar refractivity (Wildman–Crippen MR) is 201 cm³/mol. The normalized spacial score (nSPS) is 11.7. The van der Waals surface area contributed by atoms with Gasteiger partial charge in [0.2, 0.25) is 0 Å². The monoisotopic (exact) mass is 625 g/mol. The van der Waals surface area contributed by atoms with Crippen LogP contribution in [0.1, 0.15) is 0 Å². The lowest BCUT2D eigenvalue weighted by atomic mass is 9.95. The van der Waals surface area contributed by atoms with Gasteiger partial charge >= 0.3 is 0 Å². The second kappa shape index (κ2) is 11.0. The molecule has 49 heavy (non-hydrogen) atoms. The van der Waals surface area contributed by atoms with E-state index >= 15 is 0 Å². The molecule has 0 spiro atoms. The van der Waals surface area contributed by atoms with Gasteiger partial charge in [0, 0.05) is 27.5 Å². The van der Waals surface area contributed by atoms with Gasteiger partial charge in [-0.15, -0.1) is 0 Å². The molecule has 2 heterocycles. The molecule has 4 nitrogen and oxygen atoms in total. The van der Waals surface area contributed by atoms with Gasteiger partial charge in [-0.1, -0.05) is 133 Å². The zero-order chi connectivity index (χ0) is 32.3. The highest BCUT2D eigenvalue weighted by atomic mass is 16.3. The first-order chi connectivity index (χ1) is 24.2. The van der Waals surface area contributed by atoms with Crippen LogP contribution in [0.25, 0.3) is 99.5 Å². The van der Waals surface area contributed by atoms with E-state index in [1.807, 2.05) is 18.2 Å². The fourth-order valence-corrected chi connectivity index (χ4v) is 7.06. The molecule has 2 aromatic heterocycles. The molecule has 10 aromatic rings. The lowest BCUT2D eigenvalue weighted by Gasteiger charge is -2.13. The Morgan fingerprint density at radius 2 is 0.898 bits per heavy atom. The van der Waals surface area contributed by atoms with E-state index < -0.39 is 0 Å². The molecule has 228 valence electrons. The van der Waals surface area contributed by atoms with Crippen LogP contribution in [0, 0.1) is 0 Å². The molecule has 0 saturated heterocycles. The minimum atomic E-state index is 0.628. The van der Waals surface area contributed by atoms with Crippen molar-refractivity contribution >= 4 is 54.3 Å². The number of fused-ring (bicyclic) bond motifs is 6. The van der Waals surface area contributed by atoms with Gasteiger partial charge in [-0.05, 0) is 73.8 Å².